The fraction of sp³-hybridized carbons (Fsp3) is 0.400. The topological polar surface area (TPSA) is 73.3 Å². The van der Waals surface area contributed by atoms with E-state index < -0.39 is 15.8 Å². The molecule has 0 fully saturated rings. The molecule has 0 aliphatic heterocycles. The van der Waals surface area contributed by atoms with Gasteiger partial charge in [-0.3, -0.25) is 9.78 Å². The van der Waals surface area contributed by atoms with Crippen LogP contribution in [0.3, 0.4) is 0 Å². The number of rotatable bonds is 4. The fourth-order valence-electron chi connectivity index (χ4n) is 1.13. The van der Waals surface area contributed by atoms with Gasteiger partial charge >= 0.3 is 5.97 Å². The van der Waals surface area contributed by atoms with Gasteiger partial charge in [-0.2, -0.15) is 0 Å². The second-order valence-corrected chi connectivity index (χ2v) is 5.45. The molecule has 0 radical (unpaired) electrons. The first-order valence-electron chi connectivity index (χ1n) is 4.67. The zero-order valence-electron chi connectivity index (χ0n) is 9.13. The van der Waals surface area contributed by atoms with Crippen molar-refractivity contribution in [1.29, 1.82) is 0 Å². The second kappa shape index (κ2) is 5.07. The molecule has 0 saturated carbocycles. The molecule has 6 heteroatoms. The molecule has 16 heavy (non-hydrogen) atoms. The molecule has 88 valence electrons. The molecule has 0 aliphatic rings. The van der Waals surface area contributed by atoms with Gasteiger partial charge in [-0.05, 0) is 18.6 Å². The van der Waals surface area contributed by atoms with Gasteiger partial charge in [0.1, 0.15) is 0 Å². The minimum absolute atomic E-state index is 0.136. The van der Waals surface area contributed by atoms with Crippen LogP contribution >= 0.6 is 0 Å². The van der Waals surface area contributed by atoms with E-state index in [9.17, 15) is 13.2 Å². The molecule has 1 aromatic rings. The van der Waals surface area contributed by atoms with E-state index in [0.29, 0.717) is 0 Å². The van der Waals surface area contributed by atoms with Crippen molar-refractivity contribution in [3.63, 3.8) is 0 Å². The molecule has 0 N–H and O–H groups in total. The van der Waals surface area contributed by atoms with Crippen molar-refractivity contribution in [2.75, 3.05) is 12.9 Å². The van der Waals surface area contributed by atoms with E-state index in [0.717, 1.165) is 5.56 Å². The van der Waals surface area contributed by atoms with Gasteiger partial charge in [0, 0.05) is 12.4 Å². The molecule has 1 rings (SSSR count). The molecule has 0 atom stereocenters. The maximum atomic E-state index is 11.8. The van der Waals surface area contributed by atoms with E-state index >= 15 is 0 Å². The largest absolute Gasteiger partial charge is 0.469 e. The summed E-state index contributed by atoms with van der Waals surface area (Å²) in [6, 6.07) is 1.53. The second-order valence-electron chi connectivity index (χ2n) is 3.34. The number of carbonyl (C=O) groups is 1. The van der Waals surface area contributed by atoms with E-state index in [1.165, 1.54) is 19.4 Å². The van der Waals surface area contributed by atoms with Crippen LogP contribution in [-0.2, 0) is 19.4 Å². The predicted octanol–water partition coefficient (Wildman–Crippen LogP) is 0.727. The lowest BCUT2D eigenvalue weighted by molar-refractivity contribution is -0.140. The predicted molar refractivity (Wildman–Crippen MR) is 57.7 cm³/mol. The minimum Gasteiger partial charge on any atom is -0.469 e. The zero-order valence-corrected chi connectivity index (χ0v) is 9.95. The van der Waals surface area contributed by atoms with Crippen molar-refractivity contribution in [1.82, 2.24) is 4.98 Å². The van der Waals surface area contributed by atoms with Crippen LogP contribution in [0.4, 0.5) is 0 Å². The summed E-state index contributed by atoms with van der Waals surface area (Å²) in [5, 5.41) is 0. The van der Waals surface area contributed by atoms with Crippen LogP contribution in [0.15, 0.2) is 23.4 Å². The van der Waals surface area contributed by atoms with Crippen molar-refractivity contribution in [3.05, 3.63) is 24.0 Å². The van der Waals surface area contributed by atoms with Crippen molar-refractivity contribution >= 4 is 15.8 Å². The van der Waals surface area contributed by atoms with Crippen LogP contribution in [0.2, 0.25) is 0 Å². The Hall–Kier alpha value is -1.43. The first-order chi connectivity index (χ1) is 7.45. The van der Waals surface area contributed by atoms with Gasteiger partial charge in [-0.1, -0.05) is 0 Å². The molecule has 5 nitrogen and oxygen atoms in total. The molecule has 1 heterocycles. The summed E-state index contributed by atoms with van der Waals surface area (Å²) in [6.07, 6.45) is 2.70. The zero-order chi connectivity index (χ0) is 12.2. The van der Waals surface area contributed by atoms with Crippen LogP contribution in [0.1, 0.15) is 12.0 Å². The maximum Gasteiger partial charge on any atom is 0.306 e. The van der Waals surface area contributed by atoms with Crippen molar-refractivity contribution in [2.24, 2.45) is 0 Å². The Balaban J connectivity index is 2.82. The first-order valence-corrected chi connectivity index (χ1v) is 6.32. The summed E-state index contributed by atoms with van der Waals surface area (Å²) < 4.78 is 27.9. The fourth-order valence-corrected chi connectivity index (χ4v) is 2.39. The Bertz CT molecular complexity index is 481. The first kappa shape index (κ1) is 12.6. The third-order valence-electron chi connectivity index (χ3n) is 2.01. The van der Waals surface area contributed by atoms with Gasteiger partial charge in [0.25, 0.3) is 0 Å². The quantitative estimate of drug-likeness (QED) is 0.729. The smallest absolute Gasteiger partial charge is 0.306 e. The number of ether oxygens (including phenoxy) is 1. The van der Waals surface area contributed by atoms with E-state index in [1.807, 2.05) is 0 Å². The summed E-state index contributed by atoms with van der Waals surface area (Å²) in [5.41, 5.74) is 0.763. The molecule has 0 unspecified atom stereocenters. The van der Waals surface area contributed by atoms with E-state index in [4.69, 9.17) is 0 Å². The van der Waals surface area contributed by atoms with Gasteiger partial charge in [-0.15, -0.1) is 0 Å². The maximum absolute atomic E-state index is 11.8. The lowest BCUT2D eigenvalue weighted by Crippen LogP contribution is -2.12. The molecule has 0 amide bonds. The molecule has 0 saturated heterocycles. The SMILES string of the molecule is COC(=O)CCS(=O)(=O)c1cncc(C)c1. The number of esters is 1. The van der Waals surface area contributed by atoms with Crippen molar-refractivity contribution < 1.29 is 17.9 Å². The number of hydrogen-bond donors (Lipinski definition) is 0. The number of carbonyl (C=O) groups excluding carboxylic acids is 1. The van der Waals surface area contributed by atoms with Crippen LogP contribution in [-0.4, -0.2) is 32.2 Å². The molecule has 0 bridgehead atoms. The molecule has 0 aliphatic carbocycles. The highest BCUT2D eigenvalue weighted by Crippen LogP contribution is 2.12. The Morgan fingerprint density at radius 1 is 1.44 bits per heavy atom. The number of methoxy groups -OCH3 is 1. The van der Waals surface area contributed by atoms with Crippen LogP contribution in [0.5, 0.6) is 0 Å². The minimum atomic E-state index is -3.45. The van der Waals surface area contributed by atoms with E-state index in [2.05, 4.69) is 9.72 Å². The summed E-state index contributed by atoms with van der Waals surface area (Å²) in [5.74, 6) is -0.797. The molecule has 0 aromatic carbocycles. The van der Waals surface area contributed by atoms with E-state index in [1.54, 1.807) is 13.1 Å². The van der Waals surface area contributed by atoms with Gasteiger partial charge in [-0.25, -0.2) is 8.42 Å². The van der Waals surface area contributed by atoms with Gasteiger partial charge < -0.3 is 4.74 Å². The van der Waals surface area contributed by atoms with Crippen molar-refractivity contribution in [2.45, 2.75) is 18.2 Å². The van der Waals surface area contributed by atoms with Gasteiger partial charge in [0.2, 0.25) is 0 Å². The normalized spacial score (nSPS) is 11.1. The highest BCUT2D eigenvalue weighted by molar-refractivity contribution is 7.91. The lowest BCUT2D eigenvalue weighted by Gasteiger charge is -2.03. The number of nitrogens with zero attached hydrogens (tertiary/aromatic N) is 1. The molecule has 0 spiro atoms. The Morgan fingerprint density at radius 2 is 2.12 bits per heavy atom. The van der Waals surface area contributed by atoms with Crippen LogP contribution in [0, 0.1) is 6.92 Å². The lowest BCUT2D eigenvalue weighted by atomic mass is 10.3. The summed E-state index contributed by atoms with van der Waals surface area (Å²) in [6.45, 7) is 1.76. The average Bonchev–Trinajstić information content (AvgIpc) is 2.26. The van der Waals surface area contributed by atoms with Gasteiger partial charge in [0.05, 0.1) is 24.2 Å². The highest BCUT2D eigenvalue weighted by Gasteiger charge is 2.17. The van der Waals surface area contributed by atoms with Crippen LogP contribution in [0.25, 0.3) is 0 Å². The average molecular weight is 243 g/mol. The number of aromatic nitrogens is 1. The number of aryl methyl sites for hydroxylation is 1. The highest BCUT2D eigenvalue weighted by atomic mass is 32.2. The standard InChI is InChI=1S/C10H13NO4S/c1-8-5-9(7-11-6-8)16(13,14)4-3-10(12)15-2/h5-7H,3-4H2,1-2H3. The summed E-state index contributed by atoms with van der Waals surface area (Å²) >= 11 is 0. The number of sulfone groups is 1. The molecular formula is C10H13NO4S. The third-order valence-corrected chi connectivity index (χ3v) is 3.69. The Labute approximate surface area is 94.4 Å². The molecular weight excluding hydrogens is 230 g/mol. The monoisotopic (exact) mass is 243 g/mol. The summed E-state index contributed by atoms with van der Waals surface area (Å²) in [7, 11) is -2.23. The van der Waals surface area contributed by atoms with Crippen molar-refractivity contribution in [3.8, 4) is 0 Å². The number of hydrogen-bond acceptors (Lipinski definition) is 5. The van der Waals surface area contributed by atoms with Crippen LogP contribution < -0.4 is 0 Å². The Kier molecular flexibility index (Phi) is 4.00. The Morgan fingerprint density at radius 3 is 2.69 bits per heavy atom. The summed E-state index contributed by atoms with van der Waals surface area (Å²) in [4.78, 5) is 14.8. The molecule has 1 aromatic heterocycles. The van der Waals surface area contributed by atoms with Gasteiger partial charge in [0.15, 0.2) is 9.84 Å². The van der Waals surface area contributed by atoms with E-state index in [-0.39, 0.29) is 17.1 Å². The number of pyridine rings is 1. The third kappa shape index (κ3) is 3.30.